The molecule has 0 atom stereocenters. The Bertz CT molecular complexity index is 740. The summed E-state index contributed by atoms with van der Waals surface area (Å²) in [7, 11) is -4.35. The monoisotopic (exact) mass is 318 g/mol. The molecule has 0 saturated heterocycles. The van der Waals surface area contributed by atoms with Gasteiger partial charge in [0.15, 0.2) is 0 Å². The van der Waals surface area contributed by atoms with Gasteiger partial charge < -0.3 is 4.72 Å². The molecule has 0 fully saturated rings. The van der Waals surface area contributed by atoms with E-state index >= 15 is 0 Å². The fraction of sp³-hybridized carbons (Fsp3) is 0.0769. The van der Waals surface area contributed by atoms with Crippen molar-refractivity contribution in [3.05, 3.63) is 64.6 Å². The molecule has 0 N–H and O–H groups in total. The Morgan fingerprint density at radius 1 is 0.905 bits per heavy atom. The molecule has 2 aromatic carbocycles. The van der Waals surface area contributed by atoms with Crippen LogP contribution >= 0.6 is 0 Å². The van der Waals surface area contributed by atoms with Crippen LogP contribution in [0.4, 0.5) is 23.2 Å². The minimum absolute atomic E-state index is 0.388. The Hall–Kier alpha value is -2.09. The normalized spacial score (nSPS) is 12.2. The van der Waals surface area contributed by atoms with E-state index in [4.69, 9.17) is 0 Å². The fourth-order valence-electron chi connectivity index (χ4n) is 1.58. The highest BCUT2D eigenvalue weighted by Gasteiger charge is 2.31. The largest absolute Gasteiger partial charge is 0.572 e. The molecule has 0 aliphatic carbocycles. The van der Waals surface area contributed by atoms with Gasteiger partial charge in [-0.25, -0.2) is 12.8 Å². The predicted octanol–water partition coefficient (Wildman–Crippen LogP) is 4.24. The van der Waals surface area contributed by atoms with Gasteiger partial charge in [0.1, 0.15) is 15.8 Å². The van der Waals surface area contributed by atoms with Crippen LogP contribution in [0.2, 0.25) is 0 Å². The molecule has 0 aliphatic rings. The van der Waals surface area contributed by atoms with Crippen LogP contribution in [0.5, 0.6) is 0 Å². The number of alkyl halides is 3. The van der Waals surface area contributed by atoms with Gasteiger partial charge in [-0.3, -0.25) is 0 Å². The van der Waals surface area contributed by atoms with Gasteiger partial charge in [-0.2, -0.15) is 13.2 Å². The van der Waals surface area contributed by atoms with E-state index in [1.54, 1.807) is 0 Å². The third-order valence-corrected chi connectivity index (χ3v) is 3.84. The van der Waals surface area contributed by atoms with Gasteiger partial charge in [-0.1, -0.05) is 24.3 Å². The van der Waals surface area contributed by atoms with E-state index < -0.39 is 33.3 Å². The molecule has 8 heteroatoms. The van der Waals surface area contributed by atoms with E-state index in [1.807, 2.05) is 0 Å². The number of rotatable bonds is 3. The van der Waals surface area contributed by atoms with E-state index in [-0.39, 0.29) is 4.90 Å². The van der Waals surface area contributed by atoms with Crippen molar-refractivity contribution >= 4 is 15.7 Å². The maximum atomic E-state index is 12.8. The maximum Gasteiger partial charge on any atom is 0.415 e. The summed E-state index contributed by atoms with van der Waals surface area (Å²) in [5, 5.41) is 0. The van der Waals surface area contributed by atoms with Crippen LogP contribution in [0.3, 0.4) is 0 Å². The van der Waals surface area contributed by atoms with Gasteiger partial charge in [0.2, 0.25) is 0 Å². The summed E-state index contributed by atoms with van der Waals surface area (Å²) in [6.45, 7) is 0. The standard InChI is InChI=1S/C13H8F4NO2S/c14-9-5-7-10(8-6-9)21(19,20)18-12-4-2-1-3-11(12)13(15,16)17/h1-8H/q-1. The van der Waals surface area contributed by atoms with E-state index in [1.165, 1.54) is 6.07 Å². The molecule has 0 amide bonds. The number of sulfonamides is 1. The molecular weight excluding hydrogens is 310 g/mol. The average Bonchev–Trinajstić information content (AvgIpc) is 2.38. The number of halogens is 4. The van der Waals surface area contributed by atoms with Gasteiger partial charge in [0.25, 0.3) is 0 Å². The SMILES string of the molecule is O=S(=O)([N-]c1ccccc1C(F)(F)F)c1ccc(F)cc1. The zero-order chi connectivity index (χ0) is 15.7. The summed E-state index contributed by atoms with van der Waals surface area (Å²) < 4.78 is 78.1. The van der Waals surface area contributed by atoms with Gasteiger partial charge in [-0.05, 0) is 24.3 Å². The molecule has 0 saturated carbocycles. The van der Waals surface area contributed by atoms with Crippen molar-refractivity contribution in [1.29, 1.82) is 0 Å². The number of benzene rings is 2. The molecule has 0 heterocycles. The van der Waals surface area contributed by atoms with Crippen LogP contribution in [-0.4, -0.2) is 8.42 Å². The van der Waals surface area contributed by atoms with Crippen LogP contribution < -0.4 is 0 Å². The summed E-state index contributed by atoms with van der Waals surface area (Å²) >= 11 is 0. The van der Waals surface area contributed by atoms with Crippen molar-refractivity contribution in [1.82, 2.24) is 0 Å². The van der Waals surface area contributed by atoms with Crippen LogP contribution in [0.1, 0.15) is 5.56 Å². The molecule has 2 rings (SSSR count). The molecule has 2 aromatic rings. The first kappa shape index (κ1) is 15.3. The van der Waals surface area contributed by atoms with Crippen molar-refractivity contribution in [3.63, 3.8) is 0 Å². The Morgan fingerprint density at radius 2 is 1.48 bits per heavy atom. The Balaban J connectivity index is 2.40. The average molecular weight is 318 g/mol. The Labute approximate surface area is 118 Å². The lowest BCUT2D eigenvalue weighted by molar-refractivity contribution is -0.136. The predicted molar refractivity (Wildman–Crippen MR) is 68.0 cm³/mol. The highest BCUT2D eigenvalue weighted by molar-refractivity contribution is 7.94. The maximum absolute atomic E-state index is 12.8. The molecule has 0 spiro atoms. The smallest absolute Gasteiger partial charge is 0.415 e. The van der Waals surface area contributed by atoms with E-state index in [0.717, 1.165) is 42.5 Å². The molecule has 0 aliphatic heterocycles. The lowest BCUT2D eigenvalue weighted by Gasteiger charge is -2.25. The van der Waals surface area contributed by atoms with Gasteiger partial charge in [0.05, 0.1) is 4.90 Å². The second-order valence-electron chi connectivity index (χ2n) is 4.04. The minimum atomic E-state index is -4.72. The summed E-state index contributed by atoms with van der Waals surface area (Å²) in [4.78, 5) is -0.388. The molecule has 21 heavy (non-hydrogen) atoms. The Morgan fingerprint density at radius 3 is 2.05 bits per heavy atom. The van der Waals surface area contributed by atoms with Crippen LogP contribution in [0.25, 0.3) is 4.72 Å². The molecule has 0 radical (unpaired) electrons. The van der Waals surface area contributed by atoms with Crippen LogP contribution in [0, 0.1) is 5.82 Å². The Kier molecular flexibility index (Phi) is 3.91. The highest BCUT2D eigenvalue weighted by atomic mass is 32.2. The lowest BCUT2D eigenvalue weighted by atomic mass is 10.2. The molecule has 0 aromatic heterocycles. The third kappa shape index (κ3) is 3.52. The van der Waals surface area contributed by atoms with Crippen molar-refractivity contribution in [2.75, 3.05) is 0 Å². The van der Waals surface area contributed by atoms with Crippen molar-refractivity contribution in [3.8, 4) is 0 Å². The second-order valence-corrected chi connectivity index (χ2v) is 5.64. The van der Waals surface area contributed by atoms with E-state index in [9.17, 15) is 26.0 Å². The lowest BCUT2D eigenvalue weighted by Crippen LogP contribution is -2.07. The van der Waals surface area contributed by atoms with Crippen LogP contribution in [0.15, 0.2) is 53.4 Å². The van der Waals surface area contributed by atoms with Gasteiger partial charge in [-0.15, -0.1) is 5.69 Å². The first-order chi connectivity index (χ1) is 9.70. The van der Waals surface area contributed by atoms with Gasteiger partial charge >= 0.3 is 6.18 Å². The van der Waals surface area contributed by atoms with Crippen molar-refractivity contribution < 1.29 is 26.0 Å². The van der Waals surface area contributed by atoms with Crippen LogP contribution in [-0.2, 0) is 16.2 Å². The quantitative estimate of drug-likeness (QED) is 0.795. The second kappa shape index (κ2) is 5.36. The minimum Gasteiger partial charge on any atom is -0.572 e. The van der Waals surface area contributed by atoms with E-state index in [0.29, 0.717) is 0 Å². The molecule has 112 valence electrons. The number of hydrogen-bond donors (Lipinski definition) is 0. The van der Waals surface area contributed by atoms with Crippen molar-refractivity contribution in [2.24, 2.45) is 0 Å². The summed E-state index contributed by atoms with van der Waals surface area (Å²) in [6.07, 6.45) is -4.72. The highest BCUT2D eigenvalue weighted by Crippen LogP contribution is 2.40. The first-order valence-electron chi connectivity index (χ1n) is 5.60. The number of nitrogens with zero attached hydrogens (tertiary/aromatic N) is 1. The molecule has 3 nitrogen and oxygen atoms in total. The fourth-order valence-corrected chi connectivity index (χ4v) is 2.59. The summed E-state index contributed by atoms with van der Waals surface area (Å²) in [5.41, 5.74) is -1.87. The van der Waals surface area contributed by atoms with Crippen molar-refractivity contribution in [2.45, 2.75) is 11.1 Å². The zero-order valence-corrected chi connectivity index (χ0v) is 11.1. The molecule has 0 unspecified atom stereocenters. The van der Waals surface area contributed by atoms with Gasteiger partial charge in [0, 0.05) is 5.56 Å². The zero-order valence-electron chi connectivity index (χ0n) is 10.3. The first-order valence-corrected chi connectivity index (χ1v) is 7.04. The number of hydrogen-bond acceptors (Lipinski definition) is 2. The third-order valence-electron chi connectivity index (χ3n) is 2.54. The molecule has 0 bridgehead atoms. The topological polar surface area (TPSA) is 48.2 Å². The summed E-state index contributed by atoms with van der Waals surface area (Å²) in [6, 6.07) is 7.70. The molecular formula is C13H8F4NO2S-. The summed E-state index contributed by atoms with van der Waals surface area (Å²) in [5.74, 6) is -0.662. The van der Waals surface area contributed by atoms with E-state index in [2.05, 4.69) is 4.72 Å².